The van der Waals surface area contributed by atoms with Crippen LogP contribution in [0.5, 0.6) is 5.88 Å². The van der Waals surface area contributed by atoms with Crippen molar-refractivity contribution in [3.05, 3.63) is 70.3 Å². The van der Waals surface area contributed by atoms with Gasteiger partial charge in [-0.3, -0.25) is 0 Å². The van der Waals surface area contributed by atoms with Crippen LogP contribution in [0, 0.1) is 11.3 Å². The molecule has 1 aromatic carbocycles. The monoisotopic (exact) mass is 436 g/mol. The van der Waals surface area contributed by atoms with E-state index in [1.54, 1.807) is 37.6 Å². The molecule has 0 saturated carbocycles. The van der Waals surface area contributed by atoms with Gasteiger partial charge in [-0.25, -0.2) is 15.0 Å². The minimum Gasteiger partial charge on any atom is -0.481 e. The summed E-state index contributed by atoms with van der Waals surface area (Å²) in [4.78, 5) is 15.1. The van der Waals surface area contributed by atoms with Gasteiger partial charge in [0.25, 0.3) is 0 Å². The van der Waals surface area contributed by atoms with Gasteiger partial charge in [-0.15, -0.1) is 0 Å². The predicted molar refractivity (Wildman–Crippen MR) is 117 cm³/mol. The molecule has 4 rings (SSSR count). The van der Waals surface area contributed by atoms with Gasteiger partial charge in [-0.05, 0) is 23.8 Å². The van der Waals surface area contributed by atoms with E-state index in [1.807, 2.05) is 6.07 Å². The summed E-state index contributed by atoms with van der Waals surface area (Å²) in [5, 5.41) is 23.4. The summed E-state index contributed by atoms with van der Waals surface area (Å²) in [7, 11) is 1.55. The number of hydrogen-bond acceptors (Lipinski definition) is 8. The number of nitriles is 1. The number of aliphatic hydroxyl groups excluding tert-OH is 1. The van der Waals surface area contributed by atoms with Crippen LogP contribution in [-0.2, 0) is 13.0 Å². The van der Waals surface area contributed by atoms with Gasteiger partial charge >= 0.3 is 0 Å². The van der Waals surface area contributed by atoms with Crippen molar-refractivity contribution in [3.8, 4) is 11.9 Å². The summed E-state index contributed by atoms with van der Waals surface area (Å²) in [6, 6.07) is 10.7. The quantitative estimate of drug-likeness (QED) is 0.607. The number of anilines is 2. The van der Waals surface area contributed by atoms with E-state index < -0.39 is 6.04 Å². The highest BCUT2D eigenvalue weighted by Gasteiger charge is 2.25. The van der Waals surface area contributed by atoms with Crippen LogP contribution in [0.15, 0.2) is 42.9 Å². The number of halogens is 1. The molecule has 158 valence electrons. The Morgan fingerprint density at radius 1 is 1.29 bits per heavy atom. The summed E-state index contributed by atoms with van der Waals surface area (Å²) in [5.41, 5.74) is 3.90. The number of fused-ring (bicyclic) bond motifs is 1. The maximum absolute atomic E-state index is 9.98. The smallest absolute Gasteiger partial charge is 0.212 e. The Kier molecular flexibility index (Phi) is 6.16. The van der Waals surface area contributed by atoms with Crippen molar-refractivity contribution in [1.82, 2.24) is 15.0 Å². The van der Waals surface area contributed by atoms with Crippen LogP contribution in [-0.4, -0.2) is 40.3 Å². The first-order chi connectivity index (χ1) is 15.1. The molecule has 8 nitrogen and oxygen atoms in total. The Labute approximate surface area is 185 Å². The third kappa shape index (κ3) is 4.24. The van der Waals surface area contributed by atoms with Gasteiger partial charge in [0, 0.05) is 37.3 Å². The van der Waals surface area contributed by atoms with Crippen LogP contribution in [0.1, 0.15) is 28.4 Å². The first-order valence-corrected chi connectivity index (χ1v) is 10.2. The van der Waals surface area contributed by atoms with Crippen molar-refractivity contribution in [3.63, 3.8) is 0 Å². The SMILES string of the molecule is COc1ccc([C@@H](CO)Nc2ncnc3c2CN(c2c(Cl)cccc2C#N)CC3)cn1. The fraction of sp³-hybridized carbons (Fsp3) is 0.273. The molecule has 0 spiro atoms. The van der Waals surface area contributed by atoms with E-state index in [9.17, 15) is 10.4 Å². The second kappa shape index (κ2) is 9.16. The van der Waals surface area contributed by atoms with E-state index in [0.29, 0.717) is 47.5 Å². The molecule has 1 aliphatic rings. The van der Waals surface area contributed by atoms with Crippen LogP contribution in [0.4, 0.5) is 11.5 Å². The molecular formula is C22H21ClN6O2. The molecule has 1 aliphatic heterocycles. The van der Waals surface area contributed by atoms with E-state index >= 15 is 0 Å². The zero-order valence-corrected chi connectivity index (χ0v) is 17.7. The molecule has 0 saturated heterocycles. The molecule has 3 heterocycles. The number of methoxy groups -OCH3 is 1. The molecule has 0 bridgehead atoms. The highest BCUT2D eigenvalue weighted by molar-refractivity contribution is 6.33. The summed E-state index contributed by atoms with van der Waals surface area (Å²) in [6.07, 6.45) is 3.87. The normalized spacial score (nSPS) is 13.8. The van der Waals surface area contributed by atoms with Crippen molar-refractivity contribution in [2.45, 2.75) is 19.0 Å². The van der Waals surface area contributed by atoms with Crippen LogP contribution in [0.3, 0.4) is 0 Å². The van der Waals surface area contributed by atoms with Crippen molar-refractivity contribution < 1.29 is 9.84 Å². The zero-order chi connectivity index (χ0) is 21.8. The summed E-state index contributed by atoms with van der Waals surface area (Å²) < 4.78 is 5.10. The van der Waals surface area contributed by atoms with E-state index in [1.165, 1.54) is 6.33 Å². The molecule has 9 heteroatoms. The van der Waals surface area contributed by atoms with E-state index in [2.05, 4.69) is 31.2 Å². The number of pyridine rings is 1. The fourth-order valence-corrected chi connectivity index (χ4v) is 4.00. The fourth-order valence-electron chi connectivity index (χ4n) is 3.70. The molecule has 0 fully saturated rings. The molecule has 2 N–H and O–H groups in total. The number of nitrogens with one attached hydrogen (secondary N) is 1. The number of hydrogen-bond donors (Lipinski definition) is 2. The molecular weight excluding hydrogens is 416 g/mol. The second-order valence-electron chi connectivity index (χ2n) is 7.08. The third-order valence-electron chi connectivity index (χ3n) is 5.29. The number of aliphatic hydroxyl groups is 1. The highest BCUT2D eigenvalue weighted by atomic mass is 35.5. The largest absolute Gasteiger partial charge is 0.481 e. The Balaban J connectivity index is 1.63. The molecule has 1 atom stereocenters. The lowest BCUT2D eigenvalue weighted by Crippen LogP contribution is -2.33. The van der Waals surface area contributed by atoms with Crippen LogP contribution in [0.2, 0.25) is 5.02 Å². The second-order valence-corrected chi connectivity index (χ2v) is 7.49. The highest BCUT2D eigenvalue weighted by Crippen LogP contribution is 2.35. The van der Waals surface area contributed by atoms with Crippen LogP contribution < -0.4 is 15.0 Å². The van der Waals surface area contributed by atoms with Crippen molar-refractivity contribution >= 4 is 23.1 Å². The molecule has 0 radical (unpaired) electrons. The maximum atomic E-state index is 9.98. The minimum absolute atomic E-state index is 0.139. The summed E-state index contributed by atoms with van der Waals surface area (Å²) in [5.74, 6) is 1.14. The molecule has 0 unspecified atom stereocenters. The van der Waals surface area contributed by atoms with Gasteiger partial charge in [0.2, 0.25) is 5.88 Å². The molecule has 3 aromatic rings. The Morgan fingerprint density at radius 2 is 2.16 bits per heavy atom. The van der Waals surface area contributed by atoms with Crippen molar-refractivity contribution in [1.29, 1.82) is 5.26 Å². The molecule has 0 aliphatic carbocycles. The number of aromatic nitrogens is 3. The van der Waals surface area contributed by atoms with Crippen molar-refractivity contribution in [2.75, 3.05) is 30.5 Å². The number of para-hydroxylation sites is 1. The lowest BCUT2D eigenvalue weighted by molar-refractivity contribution is 0.275. The van der Waals surface area contributed by atoms with Gasteiger partial charge in [0.15, 0.2) is 0 Å². The summed E-state index contributed by atoms with van der Waals surface area (Å²) >= 11 is 6.43. The number of ether oxygens (including phenoxy) is 1. The van der Waals surface area contributed by atoms with Gasteiger partial charge in [-0.1, -0.05) is 17.7 Å². The van der Waals surface area contributed by atoms with E-state index in [0.717, 1.165) is 16.8 Å². The molecule has 31 heavy (non-hydrogen) atoms. The first-order valence-electron chi connectivity index (χ1n) is 9.78. The van der Waals surface area contributed by atoms with Gasteiger partial charge in [-0.2, -0.15) is 5.26 Å². The standard InChI is InChI=1S/C22H21ClN6O2/c1-31-20-6-5-15(10-25-20)19(12-30)28-22-16-11-29(8-7-18(16)26-13-27-22)21-14(9-24)3-2-4-17(21)23/h2-6,10,13,19,30H,7-8,11-12H2,1H3,(H,26,27,28)/t19-/m1/s1. The average molecular weight is 437 g/mol. The topological polar surface area (TPSA) is 107 Å². The molecule has 2 aromatic heterocycles. The lowest BCUT2D eigenvalue weighted by atomic mass is 10.0. The number of nitrogens with zero attached hydrogens (tertiary/aromatic N) is 5. The average Bonchev–Trinajstić information content (AvgIpc) is 2.82. The van der Waals surface area contributed by atoms with Gasteiger partial charge in [0.05, 0.1) is 41.7 Å². The maximum Gasteiger partial charge on any atom is 0.212 e. The molecule has 0 amide bonds. The van der Waals surface area contributed by atoms with E-state index in [4.69, 9.17) is 16.3 Å². The minimum atomic E-state index is -0.400. The Morgan fingerprint density at radius 3 is 2.87 bits per heavy atom. The Bertz CT molecular complexity index is 1120. The van der Waals surface area contributed by atoms with Gasteiger partial charge in [0.1, 0.15) is 18.2 Å². The van der Waals surface area contributed by atoms with Crippen LogP contribution in [0.25, 0.3) is 0 Å². The predicted octanol–water partition coefficient (Wildman–Crippen LogP) is 3.11. The number of rotatable bonds is 6. The van der Waals surface area contributed by atoms with Crippen molar-refractivity contribution in [2.24, 2.45) is 0 Å². The summed E-state index contributed by atoms with van der Waals surface area (Å²) in [6.45, 7) is 1.04. The van der Waals surface area contributed by atoms with E-state index in [-0.39, 0.29) is 6.61 Å². The Hall–Kier alpha value is -3.41. The number of benzene rings is 1. The zero-order valence-electron chi connectivity index (χ0n) is 16.9. The van der Waals surface area contributed by atoms with Gasteiger partial charge < -0.3 is 20.1 Å². The first kappa shape index (κ1) is 20.8. The lowest BCUT2D eigenvalue weighted by Gasteiger charge is -2.32. The third-order valence-corrected chi connectivity index (χ3v) is 5.59. The van der Waals surface area contributed by atoms with Crippen LogP contribution >= 0.6 is 11.6 Å².